The highest BCUT2D eigenvalue weighted by atomic mass is 32.2. The van der Waals surface area contributed by atoms with Crippen molar-refractivity contribution in [3.05, 3.63) is 0 Å². The minimum Gasteiger partial charge on any atom is -0.389 e. The molecule has 0 aliphatic rings. The molecule has 0 aromatic carbocycles. The van der Waals surface area contributed by atoms with Gasteiger partial charge in [-0.1, -0.05) is 6.92 Å². The van der Waals surface area contributed by atoms with E-state index in [1.165, 1.54) is 0 Å². The summed E-state index contributed by atoms with van der Waals surface area (Å²) in [5, 5.41) is 12.9. The first-order valence-electron chi connectivity index (χ1n) is 5.76. The molecule has 5 heteroatoms. The second kappa shape index (κ2) is 9.10. The van der Waals surface area contributed by atoms with Gasteiger partial charge in [-0.05, 0) is 26.8 Å². The molecule has 0 amide bonds. The minimum atomic E-state index is -0.761. The van der Waals surface area contributed by atoms with Crippen molar-refractivity contribution in [2.75, 3.05) is 26.0 Å². The average Bonchev–Trinajstić information content (AvgIpc) is 2.20. The van der Waals surface area contributed by atoms with Crippen LogP contribution >= 0.6 is 0 Å². The molecule has 0 radical (unpaired) electrons. The number of aliphatic hydroxyl groups excluding tert-OH is 1. The molecule has 0 saturated heterocycles. The maximum atomic E-state index is 11.1. The summed E-state index contributed by atoms with van der Waals surface area (Å²) >= 11 is 0. The maximum absolute atomic E-state index is 11.1. The Bertz CT molecular complexity index is 200. The fourth-order valence-corrected chi connectivity index (χ4v) is 1.55. The molecule has 0 spiro atoms. The van der Waals surface area contributed by atoms with Gasteiger partial charge in [0.25, 0.3) is 0 Å². The van der Waals surface area contributed by atoms with Crippen molar-refractivity contribution in [1.82, 2.24) is 5.32 Å². The molecule has 16 heavy (non-hydrogen) atoms. The fraction of sp³-hybridized carbons (Fsp3) is 1.00. The summed E-state index contributed by atoms with van der Waals surface area (Å²) < 4.78 is 16.3. The predicted octanol–water partition coefficient (Wildman–Crippen LogP) is 0.519. The maximum Gasteiger partial charge on any atom is 0.0897 e. The van der Waals surface area contributed by atoms with Crippen LogP contribution in [0.1, 0.15) is 27.2 Å². The monoisotopic (exact) mass is 251 g/mol. The highest BCUT2D eigenvalue weighted by molar-refractivity contribution is 7.84. The number of aliphatic hydroxyl groups is 1. The Balaban J connectivity index is 3.40. The van der Waals surface area contributed by atoms with Gasteiger partial charge in [-0.2, -0.15) is 0 Å². The SMILES string of the molecule is CC(C)OCC(O)CNCCC(C)S(C)=O. The topological polar surface area (TPSA) is 58.6 Å². The van der Waals surface area contributed by atoms with Gasteiger partial charge in [0.05, 0.1) is 18.8 Å². The standard InChI is InChI=1S/C11H25NO3S/c1-9(2)15-8-11(13)7-12-6-5-10(3)16(4)14/h9-13H,5-8H2,1-4H3. The Kier molecular flexibility index (Phi) is 9.12. The zero-order valence-electron chi connectivity index (χ0n) is 10.7. The lowest BCUT2D eigenvalue weighted by Crippen LogP contribution is -2.33. The van der Waals surface area contributed by atoms with Crippen molar-refractivity contribution in [3.8, 4) is 0 Å². The molecule has 3 unspecified atom stereocenters. The van der Waals surface area contributed by atoms with E-state index in [0.29, 0.717) is 13.2 Å². The second-order valence-electron chi connectivity index (χ2n) is 4.34. The van der Waals surface area contributed by atoms with Crippen LogP contribution in [0.3, 0.4) is 0 Å². The lowest BCUT2D eigenvalue weighted by Gasteiger charge is -2.15. The first kappa shape index (κ1) is 16.0. The van der Waals surface area contributed by atoms with Crippen LogP contribution in [-0.2, 0) is 15.5 Å². The van der Waals surface area contributed by atoms with E-state index in [2.05, 4.69) is 5.32 Å². The van der Waals surface area contributed by atoms with Gasteiger partial charge in [-0.25, -0.2) is 0 Å². The van der Waals surface area contributed by atoms with Crippen molar-refractivity contribution in [1.29, 1.82) is 0 Å². The molecule has 0 fully saturated rings. The smallest absolute Gasteiger partial charge is 0.0897 e. The van der Waals surface area contributed by atoms with Crippen molar-refractivity contribution in [3.63, 3.8) is 0 Å². The third kappa shape index (κ3) is 9.27. The Morgan fingerprint density at radius 2 is 2.00 bits per heavy atom. The number of rotatable bonds is 9. The van der Waals surface area contributed by atoms with Crippen molar-refractivity contribution >= 4 is 10.8 Å². The van der Waals surface area contributed by atoms with Gasteiger partial charge in [-0.15, -0.1) is 0 Å². The normalized spacial score (nSPS) is 17.4. The summed E-state index contributed by atoms with van der Waals surface area (Å²) in [4.78, 5) is 0. The van der Waals surface area contributed by atoms with Gasteiger partial charge in [0.2, 0.25) is 0 Å². The van der Waals surface area contributed by atoms with Crippen LogP contribution in [-0.4, -0.2) is 52.7 Å². The zero-order valence-corrected chi connectivity index (χ0v) is 11.5. The fourth-order valence-electron chi connectivity index (χ4n) is 1.10. The molecule has 4 nitrogen and oxygen atoms in total. The molecule has 3 atom stereocenters. The Morgan fingerprint density at radius 3 is 2.50 bits per heavy atom. The van der Waals surface area contributed by atoms with Crippen LogP contribution in [0.4, 0.5) is 0 Å². The van der Waals surface area contributed by atoms with Crippen molar-refractivity contribution in [2.45, 2.75) is 44.6 Å². The van der Waals surface area contributed by atoms with Gasteiger partial charge >= 0.3 is 0 Å². The summed E-state index contributed by atoms with van der Waals surface area (Å²) in [7, 11) is -0.761. The highest BCUT2D eigenvalue weighted by Crippen LogP contribution is 1.97. The Morgan fingerprint density at radius 1 is 1.38 bits per heavy atom. The van der Waals surface area contributed by atoms with Crippen LogP contribution in [0.15, 0.2) is 0 Å². The van der Waals surface area contributed by atoms with E-state index in [1.54, 1.807) is 6.26 Å². The Labute approximate surface area is 101 Å². The summed E-state index contributed by atoms with van der Waals surface area (Å²) in [6, 6.07) is 0. The molecule has 2 N–H and O–H groups in total. The van der Waals surface area contributed by atoms with E-state index in [4.69, 9.17) is 4.74 Å². The largest absolute Gasteiger partial charge is 0.389 e. The lowest BCUT2D eigenvalue weighted by atomic mass is 10.3. The van der Waals surface area contributed by atoms with Crippen molar-refractivity contribution < 1.29 is 14.1 Å². The first-order chi connectivity index (χ1) is 7.43. The summed E-state index contributed by atoms with van der Waals surface area (Å²) in [6.07, 6.45) is 2.26. The Hall–Kier alpha value is 0.0300. The molecule has 0 aromatic heterocycles. The summed E-state index contributed by atoms with van der Waals surface area (Å²) in [6.45, 7) is 7.52. The van der Waals surface area contributed by atoms with E-state index < -0.39 is 16.9 Å². The molecule has 0 bridgehead atoms. The molecular formula is C11H25NO3S. The molecule has 0 aromatic rings. The molecular weight excluding hydrogens is 226 g/mol. The van der Waals surface area contributed by atoms with E-state index in [0.717, 1.165) is 13.0 Å². The van der Waals surface area contributed by atoms with E-state index >= 15 is 0 Å². The zero-order chi connectivity index (χ0) is 12.6. The van der Waals surface area contributed by atoms with Gasteiger partial charge in [0, 0.05) is 28.9 Å². The number of hydrogen-bond acceptors (Lipinski definition) is 4. The van der Waals surface area contributed by atoms with Crippen LogP contribution in [0.2, 0.25) is 0 Å². The quantitative estimate of drug-likeness (QED) is 0.587. The van der Waals surface area contributed by atoms with Crippen LogP contribution in [0.25, 0.3) is 0 Å². The van der Waals surface area contributed by atoms with Gasteiger partial charge in [0.15, 0.2) is 0 Å². The van der Waals surface area contributed by atoms with Crippen molar-refractivity contribution in [2.24, 2.45) is 0 Å². The van der Waals surface area contributed by atoms with E-state index in [1.807, 2.05) is 20.8 Å². The lowest BCUT2D eigenvalue weighted by molar-refractivity contribution is 0.00647. The number of ether oxygens (including phenoxy) is 1. The molecule has 0 aliphatic heterocycles. The minimum absolute atomic E-state index is 0.150. The summed E-state index contributed by atoms with van der Waals surface area (Å²) in [5.74, 6) is 0. The predicted molar refractivity (Wildman–Crippen MR) is 68.1 cm³/mol. The van der Waals surface area contributed by atoms with E-state index in [9.17, 15) is 9.32 Å². The first-order valence-corrected chi connectivity index (χ1v) is 7.38. The highest BCUT2D eigenvalue weighted by Gasteiger charge is 2.07. The average molecular weight is 251 g/mol. The third-order valence-corrected chi connectivity index (χ3v) is 3.67. The molecule has 0 aliphatic carbocycles. The molecule has 0 rings (SSSR count). The molecule has 0 heterocycles. The van der Waals surface area contributed by atoms with Crippen LogP contribution in [0.5, 0.6) is 0 Å². The molecule has 0 saturated carbocycles. The summed E-state index contributed by atoms with van der Waals surface area (Å²) in [5.41, 5.74) is 0. The molecule has 98 valence electrons. The van der Waals surface area contributed by atoms with Gasteiger partial charge in [-0.3, -0.25) is 4.21 Å². The van der Waals surface area contributed by atoms with Crippen LogP contribution < -0.4 is 5.32 Å². The van der Waals surface area contributed by atoms with Gasteiger partial charge < -0.3 is 15.2 Å². The van der Waals surface area contributed by atoms with Crippen LogP contribution in [0, 0.1) is 0 Å². The number of nitrogens with one attached hydrogen (secondary N) is 1. The van der Waals surface area contributed by atoms with E-state index in [-0.39, 0.29) is 11.4 Å². The third-order valence-electron chi connectivity index (χ3n) is 2.30. The number of hydrogen-bond donors (Lipinski definition) is 2. The van der Waals surface area contributed by atoms with Gasteiger partial charge in [0.1, 0.15) is 0 Å². The second-order valence-corrected chi connectivity index (χ2v) is 6.14.